The van der Waals surface area contributed by atoms with Crippen molar-refractivity contribution < 1.29 is 0 Å². The van der Waals surface area contributed by atoms with Crippen LogP contribution >= 0.6 is 12.2 Å². The summed E-state index contributed by atoms with van der Waals surface area (Å²) in [5.41, 5.74) is 1.36. The lowest BCUT2D eigenvalue weighted by Gasteiger charge is -2.29. The molecule has 90 valence electrons. The first kappa shape index (κ1) is 11.9. The summed E-state index contributed by atoms with van der Waals surface area (Å²) < 4.78 is 3.28. The van der Waals surface area contributed by atoms with Gasteiger partial charge >= 0.3 is 0 Å². The van der Waals surface area contributed by atoms with Gasteiger partial charge in [-0.2, -0.15) is 0 Å². The molecule has 0 radical (unpaired) electrons. The number of nitrogens with one attached hydrogen (secondary N) is 1. The summed E-state index contributed by atoms with van der Waals surface area (Å²) in [6, 6.07) is 0.625. The fourth-order valence-electron chi connectivity index (χ4n) is 2.85. The average molecular weight is 238 g/mol. The first-order valence-corrected chi connectivity index (χ1v) is 6.80. The lowest BCUT2D eigenvalue weighted by Crippen LogP contribution is -2.19. The largest absolute Gasteiger partial charge is 0.337 e. The fraction of sp³-hybridized carbons (Fsp3) is 0.769. The van der Waals surface area contributed by atoms with E-state index in [4.69, 9.17) is 12.2 Å². The molecule has 1 N–H and O–H groups in total. The van der Waals surface area contributed by atoms with Crippen LogP contribution in [0.4, 0.5) is 0 Å². The molecule has 3 heteroatoms. The van der Waals surface area contributed by atoms with Gasteiger partial charge in [-0.3, -0.25) is 0 Å². The van der Waals surface area contributed by atoms with Crippen molar-refractivity contribution >= 4 is 12.2 Å². The Morgan fingerprint density at radius 3 is 2.81 bits per heavy atom. The molecule has 0 spiro atoms. The van der Waals surface area contributed by atoms with Crippen molar-refractivity contribution in [1.29, 1.82) is 0 Å². The van der Waals surface area contributed by atoms with Gasteiger partial charge in [0.1, 0.15) is 0 Å². The fourth-order valence-corrected chi connectivity index (χ4v) is 3.16. The van der Waals surface area contributed by atoms with E-state index in [1.54, 1.807) is 0 Å². The highest BCUT2D eigenvalue weighted by Crippen LogP contribution is 2.34. The summed E-state index contributed by atoms with van der Waals surface area (Å²) in [7, 11) is 0. The van der Waals surface area contributed by atoms with Crippen LogP contribution in [0.3, 0.4) is 0 Å². The van der Waals surface area contributed by atoms with E-state index < -0.39 is 0 Å². The number of hydrogen-bond donors (Lipinski definition) is 1. The van der Waals surface area contributed by atoms with Crippen LogP contribution in [0.5, 0.6) is 0 Å². The van der Waals surface area contributed by atoms with Gasteiger partial charge in [0.05, 0.1) is 0 Å². The lowest BCUT2D eigenvalue weighted by molar-refractivity contribution is 0.275. The molecule has 1 aliphatic rings. The van der Waals surface area contributed by atoms with Crippen LogP contribution in [-0.4, -0.2) is 9.55 Å². The SMILES string of the molecule is CC1CCCC(n2c(C(C)C)c[nH]c2=S)C1. The van der Waals surface area contributed by atoms with Gasteiger partial charge in [-0.05, 0) is 36.9 Å². The molecular weight excluding hydrogens is 216 g/mol. The Labute approximate surface area is 103 Å². The van der Waals surface area contributed by atoms with Crippen molar-refractivity contribution in [2.45, 2.75) is 58.4 Å². The highest BCUT2D eigenvalue weighted by molar-refractivity contribution is 7.71. The second-order valence-corrected chi connectivity index (χ2v) is 5.86. The number of nitrogens with zero attached hydrogens (tertiary/aromatic N) is 1. The van der Waals surface area contributed by atoms with E-state index in [1.807, 2.05) is 0 Å². The first-order chi connectivity index (χ1) is 7.59. The second-order valence-electron chi connectivity index (χ2n) is 5.47. The third-order valence-electron chi connectivity index (χ3n) is 3.71. The van der Waals surface area contributed by atoms with Crippen LogP contribution in [-0.2, 0) is 0 Å². The monoisotopic (exact) mass is 238 g/mol. The average Bonchev–Trinajstić information content (AvgIpc) is 2.60. The summed E-state index contributed by atoms with van der Waals surface area (Å²) in [5.74, 6) is 1.39. The van der Waals surface area contributed by atoms with Gasteiger partial charge in [0.25, 0.3) is 0 Å². The molecule has 1 fully saturated rings. The number of hydrogen-bond acceptors (Lipinski definition) is 1. The Morgan fingerprint density at radius 2 is 2.19 bits per heavy atom. The Bertz CT molecular complexity index is 402. The minimum absolute atomic E-state index is 0.546. The molecule has 0 amide bonds. The maximum atomic E-state index is 5.42. The van der Waals surface area contributed by atoms with Crippen LogP contribution in [0.15, 0.2) is 6.20 Å². The molecule has 2 unspecified atom stereocenters. The van der Waals surface area contributed by atoms with Crippen LogP contribution in [0.1, 0.15) is 64.1 Å². The summed E-state index contributed by atoms with van der Waals surface area (Å²) in [6.07, 6.45) is 7.38. The van der Waals surface area contributed by atoms with Crippen LogP contribution < -0.4 is 0 Å². The molecule has 0 aromatic carbocycles. The Morgan fingerprint density at radius 1 is 1.44 bits per heavy atom. The Balaban J connectivity index is 2.31. The second kappa shape index (κ2) is 4.74. The number of rotatable bonds is 2. The van der Waals surface area contributed by atoms with E-state index >= 15 is 0 Å². The van der Waals surface area contributed by atoms with Crippen LogP contribution in [0, 0.1) is 10.7 Å². The van der Waals surface area contributed by atoms with E-state index in [2.05, 4.69) is 36.5 Å². The van der Waals surface area contributed by atoms with Crippen molar-refractivity contribution in [2.75, 3.05) is 0 Å². The van der Waals surface area contributed by atoms with Crippen molar-refractivity contribution in [3.8, 4) is 0 Å². The number of H-pyrrole nitrogens is 1. The molecule has 2 nitrogen and oxygen atoms in total. The van der Waals surface area contributed by atoms with E-state index in [1.165, 1.54) is 31.4 Å². The molecule has 16 heavy (non-hydrogen) atoms. The zero-order valence-corrected chi connectivity index (χ0v) is 11.3. The quantitative estimate of drug-likeness (QED) is 0.756. The minimum Gasteiger partial charge on any atom is -0.337 e. The summed E-state index contributed by atoms with van der Waals surface area (Å²) in [4.78, 5) is 3.21. The predicted molar refractivity (Wildman–Crippen MR) is 70.4 cm³/mol. The van der Waals surface area contributed by atoms with Gasteiger partial charge in [0.2, 0.25) is 0 Å². The predicted octanol–water partition coefficient (Wildman–Crippen LogP) is 4.42. The number of imidazole rings is 1. The lowest BCUT2D eigenvalue weighted by atomic mass is 9.86. The van der Waals surface area contributed by atoms with Crippen LogP contribution in [0.2, 0.25) is 0 Å². The minimum atomic E-state index is 0.546. The third-order valence-corrected chi connectivity index (χ3v) is 4.02. The molecule has 1 saturated carbocycles. The summed E-state index contributed by atoms with van der Waals surface area (Å²) in [6.45, 7) is 6.83. The highest BCUT2D eigenvalue weighted by atomic mass is 32.1. The highest BCUT2D eigenvalue weighted by Gasteiger charge is 2.23. The molecule has 1 heterocycles. The molecule has 0 bridgehead atoms. The molecule has 0 aliphatic heterocycles. The van der Waals surface area contributed by atoms with Crippen molar-refractivity contribution in [1.82, 2.24) is 9.55 Å². The zero-order valence-electron chi connectivity index (χ0n) is 10.5. The van der Waals surface area contributed by atoms with Crippen molar-refractivity contribution in [3.05, 3.63) is 16.7 Å². The Kier molecular flexibility index (Phi) is 3.53. The summed E-state index contributed by atoms with van der Waals surface area (Å²) >= 11 is 5.42. The normalized spacial score (nSPS) is 26.2. The Hall–Kier alpha value is -0.570. The van der Waals surface area contributed by atoms with Crippen molar-refractivity contribution in [3.63, 3.8) is 0 Å². The molecule has 1 aliphatic carbocycles. The number of aromatic nitrogens is 2. The zero-order chi connectivity index (χ0) is 11.7. The van der Waals surface area contributed by atoms with Gasteiger partial charge in [-0.1, -0.05) is 33.6 Å². The third kappa shape index (κ3) is 2.24. The molecule has 0 saturated heterocycles. The van der Waals surface area contributed by atoms with Gasteiger partial charge in [-0.25, -0.2) is 0 Å². The first-order valence-electron chi connectivity index (χ1n) is 6.39. The standard InChI is InChI=1S/C13H22N2S/c1-9(2)12-8-14-13(16)15(12)11-6-4-5-10(3)7-11/h8-11H,4-7H2,1-3H3,(H,14,16). The van der Waals surface area contributed by atoms with Gasteiger partial charge < -0.3 is 9.55 Å². The maximum absolute atomic E-state index is 5.42. The summed E-state index contributed by atoms with van der Waals surface area (Å²) in [5, 5.41) is 0. The van der Waals surface area contributed by atoms with Gasteiger partial charge in [0, 0.05) is 17.9 Å². The number of aromatic amines is 1. The van der Waals surface area contributed by atoms with Gasteiger partial charge in [-0.15, -0.1) is 0 Å². The molecule has 2 atom stereocenters. The molecule has 2 rings (SSSR count). The maximum Gasteiger partial charge on any atom is 0.177 e. The topological polar surface area (TPSA) is 20.7 Å². The van der Waals surface area contributed by atoms with E-state index in [9.17, 15) is 0 Å². The van der Waals surface area contributed by atoms with E-state index in [-0.39, 0.29) is 0 Å². The van der Waals surface area contributed by atoms with Crippen LogP contribution in [0.25, 0.3) is 0 Å². The van der Waals surface area contributed by atoms with Crippen molar-refractivity contribution in [2.24, 2.45) is 5.92 Å². The van der Waals surface area contributed by atoms with Gasteiger partial charge in [0.15, 0.2) is 4.77 Å². The molecule has 1 aromatic rings. The van der Waals surface area contributed by atoms with E-state index in [0.717, 1.165) is 10.7 Å². The van der Waals surface area contributed by atoms with E-state index in [0.29, 0.717) is 12.0 Å². The molecular formula is C13H22N2S. The smallest absolute Gasteiger partial charge is 0.177 e. The molecule has 1 aromatic heterocycles.